The minimum absolute atomic E-state index is 0.177. The van der Waals surface area contributed by atoms with Crippen molar-refractivity contribution in [2.24, 2.45) is 5.92 Å². The Morgan fingerprint density at radius 2 is 1.65 bits per heavy atom. The Labute approximate surface area is 138 Å². The minimum Gasteiger partial charge on any atom is -0.373 e. The van der Waals surface area contributed by atoms with Gasteiger partial charge in [-0.25, -0.2) is 0 Å². The molecule has 0 bridgehead atoms. The molecular weight excluding hydrogens is 284 g/mol. The van der Waals surface area contributed by atoms with Crippen LogP contribution in [-0.2, 0) is 16.1 Å². The maximum atomic E-state index is 6.40. The molecule has 4 atom stereocenters. The van der Waals surface area contributed by atoms with Gasteiger partial charge < -0.3 is 9.47 Å². The van der Waals surface area contributed by atoms with Gasteiger partial charge in [0.05, 0.1) is 24.9 Å². The second-order valence-corrected chi connectivity index (χ2v) is 6.74. The van der Waals surface area contributed by atoms with Gasteiger partial charge in [-0.2, -0.15) is 0 Å². The molecule has 0 unspecified atom stereocenters. The van der Waals surface area contributed by atoms with Gasteiger partial charge >= 0.3 is 0 Å². The van der Waals surface area contributed by atoms with Gasteiger partial charge in [-0.1, -0.05) is 67.1 Å². The van der Waals surface area contributed by atoms with Crippen molar-refractivity contribution in [3.8, 4) is 0 Å². The predicted molar refractivity (Wildman–Crippen MR) is 91.0 cm³/mol. The lowest BCUT2D eigenvalue weighted by Gasteiger charge is -2.39. The molecule has 2 fully saturated rings. The number of rotatable bonds is 4. The summed E-state index contributed by atoms with van der Waals surface area (Å²) in [6.07, 6.45) is 5.51. The Bertz CT molecular complexity index is 610. The summed E-state index contributed by atoms with van der Waals surface area (Å²) < 4.78 is 12.8. The van der Waals surface area contributed by atoms with Crippen LogP contribution in [0.5, 0.6) is 0 Å². The van der Waals surface area contributed by atoms with E-state index in [0.29, 0.717) is 24.7 Å². The van der Waals surface area contributed by atoms with Crippen LogP contribution in [0.1, 0.15) is 42.9 Å². The van der Waals surface area contributed by atoms with Crippen LogP contribution in [0.2, 0.25) is 0 Å². The molecule has 1 aliphatic heterocycles. The first-order chi connectivity index (χ1) is 11.4. The third kappa shape index (κ3) is 3.34. The van der Waals surface area contributed by atoms with E-state index in [1.165, 1.54) is 30.4 Å². The number of hydrogen-bond donors (Lipinski definition) is 0. The average molecular weight is 308 g/mol. The molecule has 0 amide bonds. The molecule has 1 heterocycles. The van der Waals surface area contributed by atoms with E-state index in [-0.39, 0.29) is 6.10 Å². The summed E-state index contributed by atoms with van der Waals surface area (Å²) in [4.78, 5) is 0. The first kappa shape index (κ1) is 14.9. The van der Waals surface area contributed by atoms with Crippen molar-refractivity contribution in [1.29, 1.82) is 0 Å². The molecule has 120 valence electrons. The van der Waals surface area contributed by atoms with Gasteiger partial charge in [-0.3, -0.25) is 0 Å². The molecule has 2 aromatic carbocycles. The highest BCUT2D eigenvalue weighted by Crippen LogP contribution is 2.43. The molecule has 23 heavy (non-hydrogen) atoms. The van der Waals surface area contributed by atoms with Crippen molar-refractivity contribution < 1.29 is 9.47 Å². The largest absolute Gasteiger partial charge is 0.373 e. The Hall–Kier alpha value is -1.64. The fourth-order valence-electron chi connectivity index (χ4n) is 4.05. The van der Waals surface area contributed by atoms with Crippen molar-refractivity contribution in [2.75, 3.05) is 0 Å². The van der Waals surface area contributed by atoms with Gasteiger partial charge in [0.1, 0.15) is 0 Å². The smallest absolute Gasteiger partial charge is 0.0853 e. The second-order valence-electron chi connectivity index (χ2n) is 6.74. The number of benzene rings is 2. The standard InChI is InChI=1S/C21H24O2/c1-3-8-16(9-4-1)15-22-21-14-20(17-10-5-2-6-11-17)23-19-13-7-12-18(19)21/h1-6,8-11,18-21H,7,12-15H2/t18-,19-,20-,21-/m0/s1. The quantitative estimate of drug-likeness (QED) is 0.799. The molecule has 0 spiro atoms. The van der Waals surface area contributed by atoms with Gasteiger partial charge in [0.15, 0.2) is 0 Å². The summed E-state index contributed by atoms with van der Waals surface area (Å²) in [6.45, 7) is 0.705. The molecule has 2 nitrogen and oxygen atoms in total. The molecule has 0 radical (unpaired) electrons. The highest BCUT2D eigenvalue weighted by atomic mass is 16.5. The van der Waals surface area contributed by atoms with Crippen molar-refractivity contribution in [3.05, 3.63) is 71.8 Å². The van der Waals surface area contributed by atoms with Crippen LogP contribution in [0.3, 0.4) is 0 Å². The van der Waals surface area contributed by atoms with E-state index >= 15 is 0 Å². The summed E-state index contributed by atoms with van der Waals surface area (Å²) >= 11 is 0. The highest BCUT2D eigenvalue weighted by Gasteiger charge is 2.42. The predicted octanol–water partition coefficient (Wildman–Crippen LogP) is 4.90. The lowest BCUT2D eigenvalue weighted by molar-refractivity contribution is -0.148. The van der Waals surface area contributed by atoms with Crippen LogP contribution >= 0.6 is 0 Å². The lowest BCUT2D eigenvalue weighted by Crippen LogP contribution is -2.39. The first-order valence-electron chi connectivity index (χ1n) is 8.76. The second kappa shape index (κ2) is 6.86. The SMILES string of the molecule is c1ccc(CO[C@H]2C[C@@H](c3ccccc3)O[C@H]3CCC[C@H]23)cc1. The van der Waals surface area contributed by atoms with Crippen molar-refractivity contribution in [3.63, 3.8) is 0 Å². The van der Waals surface area contributed by atoms with Crippen LogP contribution in [-0.4, -0.2) is 12.2 Å². The van der Waals surface area contributed by atoms with Crippen molar-refractivity contribution in [2.45, 2.75) is 50.6 Å². The molecule has 2 aromatic rings. The maximum Gasteiger partial charge on any atom is 0.0853 e. The van der Waals surface area contributed by atoms with E-state index in [9.17, 15) is 0 Å². The zero-order valence-electron chi connectivity index (χ0n) is 13.4. The summed E-state index contributed by atoms with van der Waals surface area (Å²) in [5.41, 5.74) is 2.54. The van der Waals surface area contributed by atoms with E-state index in [1.807, 2.05) is 0 Å². The fourth-order valence-corrected chi connectivity index (χ4v) is 4.05. The van der Waals surface area contributed by atoms with Crippen LogP contribution in [0.4, 0.5) is 0 Å². The van der Waals surface area contributed by atoms with Crippen LogP contribution in [0, 0.1) is 5.92 Å². The summed E-state index contributed by atoms with van der Waals surface area (Å²) in [5, 5.41) is 0. The van der Waals surface area contributed by atoms with Gasteiger partial charge in [0.25, 0.3) is 0 Å². The Kier molecular flexibility index (Phi) is 4.45. The molecule has 1 saturated heterocycles. The number of ether oxygens (including phenoxy) is 2. The fraction of sp³-hybridized carbons (Fsp3) is 0.429. The third-order valence-electron chi connectivity index (χ3n) is 5.24. The normalized spacial score (nSPS) is 30.1. The van der Waals surface area contributed by atoms with Crippen molar-refractivity contribution in [1.82, 2.24) is 0 Å². The summed E-state index contributed by atoms with van der Waals surface area (Å²) in [5.74, 6) is 0.568. The maximum absolute atomic E-state index is 6.40. The molecule has 0 N–H and O–H groups in total. The van der Waals surface area contributed by atoms with E-state index in [4.69, 9.17) is 9.47 Å². The van der Waals surface area contributed by atoms with Gasteiger partial charge in [0, 0.05) is 12.3 Å². The Morgan fingerprint density at radius 3 is 2.43 bits per heavy atom. The zero-order valence-corrected chi connectivity index (χ0v) is 13.4. The third-order valence-corrected chi connectivity index (χ3v) is 5.24. The minimum atomic E-state index is 0.177. The van der Waals surface area contributed by atoms with E-state index in [0.717, 1.165) is 6.42 Å². The molecule has 4 rings (SSSR count). The Balaban J connectivity index is 1.47. The van der Waals surface area contributed by atoms with Gasteiger partial charge in [-0.15, -0.1) is 0 Å². The van der Waals surface area contributed by atoms with Gasteiger partial charge in [-0.05, 0) is 24.0 Å². The van der Waals surface area contributed by atoms with E-state index < -0.39 is 0 Å². The highest BCUT2D eigenvalue weighted by molar-refractivity contribution is 5.19. The van der Waals surface area contributed by atoms with Crippen LogP contribution in [0.25, 0.3) is 0 Å². The topological polar surface area (TPSA) is 18.5 Å². The summed E-state index contributed by atoms with van der Waals surface area (Å²) in [7, 11) is 0. The van der Waals surface area contributed by atoms with Crippen molar-refractivity contribution >= 4 is 0 Å². The molecule has 0 aromatic heterocycles. The summed E-state index contributed by atoms with van der Waals surface area (Å²) in [6, 6.07) is 21.1. The monoisotopic (exact) mass is 308 g/mol. The molecule has 2 aliphatic rings. The van der Waals surface area contributed by atoms with Crippen LogP contribution < -0.4 is 0 Å². The van der Waals surface area contributed by atoms with E-state index in [1.54, 1.807) is 0 Å². The molecule has 2 heteroatoms. The average Bonchev–Trinajstić information content (AvgIpc) is 3.10. The zero-order chi connectivity index (χ0) is 15.5. The van der Waals surface area contributed by atoms with Crippen LogP contribution in [0.15, 0.2) is 60.7 Å². The van der Waals surface area contributed by atoms with Gasteiger partial charge in [0.2, 0.25) is 0 Å². The number of fused-ring (bicyclic) bond motifs is 1. The lowest BCUT2D eigenvalue weighted by atomic mass is 9.88. The molecule has 1 saturated carbocycles. The molecular formula is C21H24O2. The first-order valence-corrected chi connectivity index (χ1v) is 8.76. The Morgan fingerprint density at radius 1 is 0.913 bits per heavy atom. The molecule has 1 aliphatic carbocycles. The number of hydrogen-bond acceptors (Lipinski definition) is 2. The van der Waals surface area contributed by atoms with E-state index in [2.05, 4.69) is 60.7 Å².